The maximum absolute atomic E-state index is 5.65. The topological polar surface area (TPSA) is 18.5 Å². The van der Waals surface area contributed by atoms with Crippen molar-refractivity contribution in [1.29, 1.82) is 0 Å². The molecule has 0 aromatic carbocycles. The Labute approximate surface area is 117 Å². The monoisotopic (exact) mass is 264 g/mol. The molecular weight excluding hydrogens is 236 g/mol. The highest BCUT2D eigenvalue weighted by Gasteiger charge is 2.41. The van der Waals surface area contributed by atoms with Gasteiger partial charge in [0.2, 0.25) is 0 Å². The molecule has 0 unspecified atom stereocenters. The summed E-state index contributed by atoms with van der Waals surface area (Å²) < 4.78 is 11.3. The Kier molecular flexibility index (Phi) is 5.65. The predicted octanol–water partition coefficient (Wildman–Crippen LogP) is 4.27. The van der Waals surface area contributed by atoms with Crippen molar-refractivity contribution in [3.8, 4) is 0 Å². The molecule has 2 aliphatic rings. The van der Waals surface area contributed by atoms with Crippen molar-refractivity contribution >= 4 is 0 Å². The van der Waals surface area contributed by atoms with Crippen LogP contribution in [0.5, 0.6) is 0 Å². The minimum Gasteiger partial charge on any atom is -0.381 e. The minimum absolute atomic E-state index is 0.257. The molecular formula is C17H28O2. The number of rotatable bonds is 7. The standard InChI is InChI=1S/C17H28O2/c1-3-18-13-17(14-19-4-2)11-16(12-17)10-15-8-6-5-7-9-15/h8,10H,3-7,9,11-14H2,1-2H3. The first-order valence-electron chi connectivity index (χ1n) is 7.82. The third-order valence-corrected chi connectivity index (χ3v) is 4.14. The van der Waals surface area contributed by atoms with E-state index in [0.717, 1.165) is 39.3 Å². The van der Waals surface area contributed by atoms with E-state index >= 15 is 0 Å². The summed E-state index contributed by atoms with van der Waals surface area (Å²) in [5.74, 6) is 0. The molecule has 0 amide bonds. The van der Waals surface area contributed by atoms with Gasteiger partial charge in [-0.1, -0.05) is 23.3 Å². The molecule has 2 aliphatic carbocycles. The summed E-state index contributed by atoms with van der Waals surface area (Å²) in [7, 11) is 0. The van der Waals surface area contributed by atoms with Gasteiger partial charge in [-0.3, -0.25) is 0 Å². The predicted molar refractivity (Wildman–Crippen MR) is 79.3 cm³/mol. The van der Waals surface area contributed by atoms with Gasteiger partial charge < -0.3 is 9.47 Å². The summed E-state index contributed by atoms with van der Waals surface area (Å²) in [4.78, 5) is 0. The summed E-state index contributed by atoms with van der Waals surface area (Å²) >= 11 is 0. The molecule has 108 valence electrons. The van der Waals surface area contributed by atoms with Crippen molar-refractivity contribution in [2.24, 2.45) is 5.41 Å². The van der Waals surface area contributed by atoms with E-state index in [1.807, 2.05) is 0 Å². The lowest BCUT2D eigenvalue weighted by atomic mass is 9.66. The fourth-order valence-electron chi connectivity index (χ4n) is 3.15. The van der Waals surface area contributed by atoms with Crippen LogP contribution in [0.3, 0.4) is 0 Å². The highest BCUT2D eigenvalue weighted by Crippen LogP contribution is 2.46. The molecule has 0 aliphatic heterocycles. The maximum Gasteiger partial charge on any atom is 0.0550 e. The molecule has 0 aromatic rings. The number of allylic oxidation sites excluding steroid dienone is 4. The maximum atomic E-state index is 5.65. The largest absolute Gasteiger partial charge is 0.381 e. The zero-order valence-electron chi connectivity index (χ0n) is 12.5. The molecule has 1 saturated carbocycles. The summed E-state index contributed by atoms with van der Waals surface area (Å²) in [6, 6.07) is 0. The highest BCUT2D eigenvalue weighted by atomic mass is 16.5. The smallest absolute Gasteiger partial charge is 0.0550 e. The first-order chi connectivity index (χ1) is 9.28. The second-order valence-corrected chi connectivity index (χ2v) is 5.96. The SMILES string of the molecule is CCOCC1(COCC)CC(=CC2=CCCCC2)C1. The Morgan fingerprint density at radius 1 is 1.11 bits per heavy atom. The highest BCUT2D eigenvalue weighted by molar-refractivity contribution is 5.30. The zero-order valence-corrected chi connectivity index (χ0v) is 12.5. The normalized spacial score (nSPS) is 21.8. The van der Waals surface area contributed by atoms with Crippen LogP contribution in [-0.4, -0.2) is 26.4 Å². The third kappa shape index (κ3) is 4.19. The van der Waals surface area contributed by atoms with E-state index in [9.17, 15) is 0 Å². The second-order valence-electron chi connectivity index (χ2n) is 5.96. The molecule has 2 rings (SSSR count). The van der Waals surface area contributed by atoms with E-state index in [1.165, 1.54) is 25.7 Å². The Bertz CT molecular complexity index is 323. The molecule has 0 spiro atoms. The van der Waals surface area contributed by atoms with Crippen molar-refractivity contribution in [2.75, 3.05) is 26.4 Å². The van der Waals surface area contributed by atoms with Crippen LogP contribution >= 0.6 is 0 Å². The van der Waals surface area contributed by atoms with Gasteiger partial charge in [0.25, 0.3) is 0 Å². The third-order valence-electron chi connectivity index (χ3n) is 4.14. The zero-order chi connectivity index (χ0) is 13.6. The molecule has 0 bridgehead atoms. The Morgan fingerprint density at radius 2 is 1.79 bits per heavy atom. The van der Waals surface area contributed by atoms with Gasteiger partial charge in [0, 0.05) is 18.6 Å². The Hall–Kier alpha value is -0.600. The van der Waals surface area contributed by atoms with E-state index in [0.29, 0.717) is 0 Å². The van der Waals surface area contributed by atoms with Crippen LogP contribution in [0.1, 0.15) is 52.4 Å². The molecule has 1 fully saturated rings. The van der Waals surface area contributed by atoms with Gasteiger partial charge in [0.1, 0.15) is 0 Å². The van der Waals surface area contributed by atoms with Gasteiger partial charge in [0.05, 0.1) is 13.2 Å². The summed E-state index contributed by atoms with van der Waals surface area (Å²) in [6.07, 6.45) is 12.4. The van der Waals surface area contributed by atoms with Crippen molar-refractivity contribution < 1.29 is 9.47 Å². The van der Waals surface area contributed by atoms with E-state index in [-0.39, 0.29) is 5.41 Å². The van der Waals surface area contributed by atoms with E-state index in [4.69, 9.17) is 9.47 Å². The molecule has 0 aromatic heterocycles. The van der Waals surface area contributed by atoms with Crippen molar-refractivity contribution in [1.82, 2.24) is 0 Å². The number of ether oxygens (including phenoxy) is 2. The van der Waals surface area contributed by atoms with Crippen LogP contribution in [0.25, 0.3) is 0 Å². The van der Waals surface area contributed by atoms with Gasteiger partial charge in [-0.2, -0.15) is 0 Å². The summed E-state index contributed by atoms with van der Waals surface area (Å²) in [5, 5.41) is 0. The van der Waals surface area contributed by atoms with Crippen molar-refractivity contribution in [3.63, 3.8) is 0 Å². The van der Waals surface area contributed by atoms with Crippen LogP contribution in [0, 0.1) is 5.41 Å². The van der Waals surface area contributed by atoms with Crippen LogP contribution in [0.15, 0.2) is 23.3 Å². The lowest BCUT2D eigenvalue weighted by Crippen LogP contribution is -2.40. The fraction of sp³-hybridized carbons (Fsp3) is 0.765. The van der Waals surface area contributed by atoms with Gasteiger partial charge in [0.15, 0.2) is 0 Å². The van der Waals surface area contributed by atoms with Crippen LogP contribution in [-0.2, 0) is 9.47 Å². The van der Waals surface area contributed by atoms with Crippen molar-refractivity contribution in [2.45, 2.75) is 52.4 Å². The van der Waals surface area contributed by atoms with Gasteiger partial charge in [-0.05, 0) is 52.4 Å². The summed E-state index contributed by atoms with van der Waals surface area (Å²) in [6.45, 7) is 7.43. The molecule has 2 nitrogen and oxygen atoms in total. The van der Waals surface area contributed by atoms with Crippen LogP contribution in [0.4, 0.5) is 0 Å². The van der Waals surface area contributed by atoms with Gasteiger partial charge in [-0.25, -0.2) is 0 Å². The van der Waals surface area contributed by atoms with E-state index < -0.39 is 0 Å². The molecule has 0 atom stereocenters. The number of hydrogen-bond acceptors (Lipinski definition) is 2. The lowest BCUT2D eigenvalue weighted by molar-refractivity contribution is -0.0386. The average Bonchev–Trinajstić information content (AvgIpc) is 2.41. The number of hydrogen-bond donors (Lipinski definition) is 0. The molecule has 2 heteroatoms. The first kappa shape index (κ1) is 14.8. The summed E-state index contributed by atoms with van der Waals surface area (Å²) in [5.41, 5.74) is 3.41. The lowest BCUT2D eigenvalue weighted by Gasteiger charge is -2.43. The minimum atomic E-state index is 0.257. The van der Waals surface area contributed by atoms with Crippen LogP contribution in [0.2, 0.25) is 0 Å². The molecule has 0 heterocycles. The van der Waals surface area contributed by atoms with Gasteiger partial charge in [-0.15, -0.1) is 0 Å². The fourth-order valence-corrected chi connectivity index (χ4v) is 3.15. The molecule has 0 N–H and O–H groups in total. The van der Waals surface area contributed by atoms with E-state index in [1.54, 1.807) is 11.1 Å². The quantitative estimate of drug-likeness (QED) is 0.684. The van der Waals surface area contributed by atoms with Gasteiger partial charge >= 0.3 is 0 Å². The molecule has 0 radical (unpaired) electrons. The van der Waals surface area contributed by atoms with Crippen molar-refractivity contribution in [3.05, 3.63) is 23.3 Å². The molecule has 19 heavy (non-hydrogen) atoms. The van der Waals surface area contributed by atoms with E-state index in [2.05, 4.69) is 26.0 Å². The Morgan fingerprint density at radius 3 is 2.32 bits per heavy atom. The first-order valence-corrected chi connectivity index (χ1v) is 7.82. The molecule has 0 saturated heterocycles. The Balaban J connectivity index is 1.88. The average molecular weight is 264 g/mol. The second kappa shape index (κ2) is 7.25. The van der Waals surface area contributed by atoms with Crippen LogP contribution < -0.4 is 0 Å².